The summed E-state index contributed by atoms with van der Waals surface area (Å²) >= 11 is 0. The van der Waals surface area contributed by atoms with E-state index in [0.29, 0.717) is 0 Å². The molecule has 0 unspecified atom stereocenters. The van der Waals surface area contributed by atoms with Crippen molar-refractivity contribution in [2.75, 3.05) is 18.5 Å². The van der Waals surface area contributed by atoms with Crippen molar-refractivity contribution in [2.45, 2.75) is 37.6 Å². The maximum atomic E-state index is 11.9. The Labute approximate surface area is 115 Å². The van der Waals surface area contributed by atoms with Gasteiger partial charge in [0.2, 0.25) is 10.0 Å². The van der Waals surface area contributed by atoms with Crippen molar-refractivity contribution in [3.8, 4) is 0 Å². The lowest BCUT2D eigenvalue weighted by atomic mass is 10.3. The fourth-order valence-electron chi connectivity index (χ4n) is 1.60. The number of nitrogens with one attached hydrogen (secondary N) is 2. The molecule has 108 valence electrons. The van der Waals surface area contributed by atoms with Gasteiger partial charge in [-0.1, -0.05) is 0 Å². The van der Waals surface area contributed by atoms with Crippen molar-refractivity contribution < 1.29 is 13.5 Å². The SMILES string of the molecule is CC(C)NS(=O)(=O)c1ccc(NCCCCO)cc1. The van der Waals surface area contributed by atoms with Gasteiger partial charge in [0.25, 0.3) is 0 Å². The van der Waals surface area contributed by atoms with Gasteiger partial charge in [-0.15, -0.1) is 0 Å². The molecule has 1 rings (SSSR count). The average Bonchev–Trinajstić information content (AvgIpc) is 2.34. The molecule has 0 saturated heterocycles. The minimum absolute atomic E-state index is 0.124. The maximum Gasteiger partial charge on any atom is 0.240 e. The molecule has 0 aliphatic heterocycles. The van der Waals surface area contributed by atoms with Gasteiger partial charge in [-0.05, 0) is 51.0 Å². The highest BCUT2D eigenvalue weighted by atomic mass is 32.2. The third-order valence-corrected chi connectivity index (χ3v) is 4.14. The van der Waals surface area contributed by atoms with Gasteiger partial charge in [-0.3, -0.25) is 0 Å². The molecule has 0 aromatic heterocycles. The Morgan fingerprint density at radius 2 is 1.79 bits per heavy atom. The van der Waals surface area contributed by atoms with E-state index in [2.05, 4.69) is 10.0 Å². The summed E-state index contributed by atoms with van der Waals surface area (Å²) in [5.41, 5.74) is 0.876. The summed E-state index contributed by atoms with van der Waals surface area (Å²) in [6.45, 7) is 4.53. The van der Waals surface area contributed by atoms with Crippen LogP contribution in [0.1, 0.15) is 26.7 Å². The first kappa shape index (κ1) is 15.9. The van der Waals surface area contributed by atoms with Crippen LogP contribution in [0.5, 0.6) is 0 Å². The molecule has 5 nitrogen and oxygen atoms in total. The van der Waals surface area contributed by atoms with E-state index in [0.717, 1.165) is 25.1 Å². The van der Waals surface area contributed by atoms with Crippen molar-refractivity contribution in [1.82, 2.24) is 4.72 Å². The number of anilines is 1. The predicted octanol–water partition coefficient (Wildman–Crippen LogP) is 1.56. The van der Waals surface area contributed by atoms with Crippen LogP contribution in [-0.2, 0) is 10.0 Å². The van der Waals surface area contributed by atoms with E-state index in [9.17, 15) is 8.42 Å². The first-order valence-corrected chi connectivity index (χ1v) is 7.91. The lowest BCUT2D eigenvalue weighted by Crippen LogP contribution is -2.30. The van der Waals surface area contributed by atoms with Gasteiger partial charge in [0, 0.05) is 24.9 Å². The molecule has 1 aromatic rings. The number of aliphatic hydroxyl groups excluding tert-OH is 1. The van der Waals surface area contributed by atoms with E-state index >= 15 is 0 Å². The molecule has 6 heteroatoms. The van der Waals surface area contributed by atoms with E-state index in [1.54, 1.807) is 38.1 Å². The average molecular weight is 286 g/mol. The largest absolute Gasteiger partial charge is 0.396 e. The maximum absolute atomic E-state index is 11.9. The van der Waals surface area contributed by atoms with Gasteiger partial charge in [0.1, 0.15) is 0 Å². The zero-order valence-electron chi connectivity index (χ0n) is 11.4. The van der Waals surface area contributed by atoms with Crippen LogP contribution in [0.4, 0.5) is 5.69 Å². The molecule has 0 fully saturated rings. The van der Waals surface area contributed by atoms with Crippen LogP contribution in [0.25, 0.3) is 0 Å². The van der Waals surface area contributed by atoms with E-state index in [1.165, 1.54) is 0 Å². The first-order valence-electron chi connectivity index (χ1n) is 6.43. The summed E-state index contributed by atoms with van der Waals surface area (Å²) < 4.78 is 26.3. The number of unbranched alkanes of at least 4 members (excludes halogenated alkanes) is 1. The number of rotatable bonds is 8. The van der Waals surface area contributed by atoms with Gasteiger partial charge >= 0.3 is 0 Å². The van der Waals surface area contributed by atoms with E-state index < -0.39 is 10.0 Å². The second-order valence-corrected chi connectivity index (χ2v) is 6.37. The predicted molar refractivity (Wildman–Crippen MR) is 76.7 cm³/mol. The normalized spacial score (nSPS) is 11.8. The molecule has 0 amide bonds. The number of aliphatic hydroxyl groups is 1. The smallest absolute Gasteiger partial charge is 0.240 e. The summed E-state index contributed by atoms with van der Waals surface area (Å²) in [5.74, 6) is 0. The molecule has 0 aliphatic carbocycles. The summed E-state index contributed by atoms with van der Waals surface area (Å²) in [6, 6.07) is 6.53. The highest BCUT2D eigenvalue weighted by Crippen LogP contribution is 2.14. The second kappa shape index (κ2) is 7.47. The molecule has 0 aliphatic rings. The Morgan fingerprint density at radius 1 is 1.16 bits per heavy atom. The van der Waals surface area contributed by atoms with Crippen molar-refractivity contribution in [2.24, 2.45) is 0 Å². The van der Waals surface area contributed by atoms with Gasteiger partial charge in [-0.2, -0.15) is 0 Å². The Morgan fingerprint density at radius 3 is 2.32 bits per heavy atom. The highest BCUT2D eigenvalue weighted by Gasteiger charge is 2.14. The van der Waals surface area contributed by atoms with Gasteiger partial charge < -0.3 is 10.4 Å². The molecule has 3 N–H and O–H groups in total. The number of hydrogen-bond donors (Lipinski definition) is 3. The quantitative estimate of drug-likeness (QED) is 0.634. The number of benzene rings is 1. The summed E-state index contributed by atoms with van der Waals surface area (Å²) in [7, 11) is -3.42. The van der Waals surface area contributed by atoms with Crippen LogP contribution in [0.2, 0.25) is 0 Å². The summed E-state index contributed by atoms with van der Waals surface area (Å²) in [4.78, 5) is 0.266. The van der Waals surface area contributed by atoms with Crippen molar-refractivity contribution in [1.29, 1.82) is 0 Å². The standard InChI is InChI=1S/C13H22N2O3S/c1-11(2)15-19(17,18)13-7-5-12(6-8-13)14-9-3-4-10-16/h5-8,11,14-16H,3-4,9-10H2,1-2H3. The summed E-state index contributed by atoms with van der Waals surface area (Å²) in [5, 5.41) is 11.8. The molecule has 0 spiro atoms. The molecule has 0 saturated carbocycles. The molecule has 19 heavy (non-hydrogen) atoms. The van der Waals surface area contributed by atoms with Crippen molar-refractivity contribution in [3.63, 3.8) is 0 Å². The summed E-state index contributed by atoms with van der Waals surface area (Å²) in [6.07, 6.45) is 1.64. The Bertz CT molecular complexity index is 469. The highest BCUT2D eigenvalue weighted by molar-refractivity contribution is 7.89. The van der Waals surface area contributed by atoms with E-state index in [-0.39, 0.29) is 17.5 Å². The Balaban J connectivity index is 2.61. The van der Waals surface area contributed by atoms with Gasteiger partial charge in [-0.25, -0.2) is 13.1 Å². The van der Waals surface area contributed by atoms with Crippen LogP contribution in [0.15, 0.2) is 29.2 Å². The molecular weight excluding hydrogens is 264 g/mol. The van der Waals surface area contributed by atoms with Crippen LogP contribution < -0.4 is 10.0 Å². The van der Waals surface area contributed by atoms with E-state index in [4.69, 9.17) is 5.11 Å². The molecule has 0 bridgehead atoms. The van der Waals surface area contributed by atoms with Crippen LogP contribution in [0, 0.1) is 0 Å². The molecule has 0 radical (unpaired) electrons. The minimum atomic E-state index is -3.42. The van der Waals surface area contributed by atoms with Gasteiger partial charge in [0.05, 0.1) is 4.90 Å². The van der Waals surface area contributed by atoms with Crippen molar-refractivity contribution in [3.05, 3.63) is 24.3 Å². The third kappa shape index (κ3) is 5.59. The minimum Gasteiger partial charge on any atom is -0.396 e. The molecule has 0 heterocycles. The van der Waals surface area contributed by atoms with Crippen LogP contribution in [-0.4, -0.2) is 32.7 Å². The lowest BCUT2D eigenvalue weighted by molar-refractivity contribution is 0.286. The van der Waals surface area contributed by atoms with Crippen molar-refractivity contribution >= 4 is 15.7 Å². The van der Waals surface area contributed by atoms with Crippen LogP contribution in [0.3, 0.4) is 0 Å². The molecule has 1 aromatic carbocycles. The third-order valence-electron chi connectivity index (χ3n) is 2.47. The van der Waals surface area contributed by atoms with E-state index in [1.807, 2.05) is 0 Å². The van der Waals surface area contributed by atoms with Crippen LogP contribution >= 0.6 is 0 Å². The topological polar surface area (TPSA) is 78.4 Å². The fraction of sp³-hybridized carbons (Fsp3) is 0.538. The Hall–Kier alpha value is -1.11. The number of sulfonamides is 1. The monoisotopic (exact) mass is 286 g/mol. The Kier molecular flexibility index (Phi) is 6.27. The zero-order valence-corrected chi connectivity index (χ0v) is 12.2. The molecule has 0 atom stereocenters. The first-order chi connectivity index (χ1) is 8.95. The second-order valence-electron chi connectivity index (χ2n) is 4.66. The lowest BCUT2D eigenvalue weighted by Gasteiger charge is -2.10. The zero-order chi connectivity index (χ0) is 14.3. The molecular formula is C13H22N2O3S. The number of hydrogen-bond acceptors (Lipinski definition) is 4. The van der Waals surface area contributed by atoms with Gasteiger partial charge in [0.15, 0.2) is 0 Å². The fourth-order valence-corrected chi connectivity index (χ4v) is 2.85.